The largest absolute Gasteiger partial charge is 0.365 e. The number of thiocarbonyl (C=S) groups is 1. The predicted molar refractivity (Wildman–Crippen MR) is 71.3 cm³/mol. The van der Waals surface area contributed by atoms with Crippen molar-refractivity contribution in [3.8, 4) is 0 Å². The van der Waals surface area contributed by atoms with Gasteiger partial charge >= 0.3 is 0 Å². The molecular weight excluding hydrogens is 264 g/mol. The maximum Gasteiger partial charge on any atom is 0.118 e. The fraction of sp³-hybridized carbons (Fsp3) is 0.200. The third-order valence-corrected chi connectivity index (χ3v) is 4.06. The van der Waals surface area contributed by atoms with Gasteiger partial charge in [-0.25, -0.2) is 0 Å². The van der Waals surface area contributed by atoms with Crippen molar-refractivity contribution >= 4 is 50.4 Å². The number of nitrogens with zero attached hydrogens (tertiary/aromatic N) is 1. The van der Waals surface area contributed by atoms with Crippen molar-refractivity contribution in [2.24, 2.45) is 0 Å². The molecule has 0 radical (unpaired) electrons. The Balaban J connectivity index is 2.32. The molecule has 16 heavy (non-hydrogen) atoms. The van der Waals surface area contributed by atoms with Gasteiger partial charge in [-0.3, -0.25) is 4.98 Å². The molecule has 0 aliphatic carbocycles. The lowest BCUT2D eigenvalue weighted by Gasteiger charge is -2.02. The molecule has 0 aliphatic rings. The lowest BCUT2D eigenvalue weighted by atomic mass is 10.3. The molecule has 0 aliphatic heterocycles. The van der Waals surface area contributed by atoms with Crippen LogP contribution in [0.1, 0.15) is 4.88 Å². The summed E-state index contributed by atoms with van der Waals surface area (Å²) in [6, 6.07) is 3.70. The lowest BCUT2D eigenvalue weighted by molar-refractivity contribution is 0.193. The smallest absolute Gasteiger partial charge is 0.118 e. The number of rotatable bonds is 3. The SMILES string of the molecule is COCNC(=S)c1cc2nccc(Cl)c2s1. The van der Waals surface area contributed by atoms with Gasteiger partial charge in [-0.1, -0.05) is 23.8 Å². The summed E-state index contributed by atoms with van der Waals surface area (Å²) in [7, 11) is 1.61. The molecule has 2 heterocycles. The van der Waals surface area contributed by atoms with Gasteiger partial charge in [0.25, 0.3) is 0 Å². The van der Waals surface area contributed by atoms with Crippen LogP contribution in [0.4, 0.5) is 0 Å². The summed E-state index contributed by atoms with van der Waals surface area (Å²) in [6.45, 7) is 0.397. The van der Waals surface area contributed by atoms with Gasteiger partial charge in [0.1, 0.15) is 11.7 Å². The van der Waals surface area contributed by atoms with E-state index in [1.807, 2.05) is 6.07 Å². The Morgan fingerprint density at radius 1 is 1.69 bits per heavy atom. The van der Waals surface area contributed by atoms with Gasteiger partial charge in [0.15, 0.2) is 0 Å². The van der Waals surface area contributed by atoms with Gasteiger partial charge in [-0.2, -0.15) is 0 Å². The zero-order valence-corrected chi connectivity index (χ0v) is 10.9. The number of methoxy groups -OCH3 is 1. The van der Waals surface area contributed by atoms with E-state index in [9.17, 15) is 0 Å². The second-order valence-corrected chi connectivity index (χ2v) is 4.92. The highest BCUT2D eigenvalue weighted by Crippen LogP contribution is 2.30. The summed E-state index contributed by atoms with van der Waals surface area (Å²) >= 11 is 12.8. The van der Waals surface area contributed by atoms with Crippen LogP contribution in [-0.4, -0.2) is 23.8 Å². The molecule has 0 unspecified atom stereocenters. The van der Waals surface area contributed by atoms with Crippen molar-refractivity contribution in [3.05, 3.63) is 28.2 Å². The molecule has 2 aromatic rings. The number of ether oxygens (including phenoxy) is 1. The number of halogens is 1. The second-order valence-electron chi connectivity index (χ2n) is 3.06. The molecule has 0 spiro atoms. The molecule has 0 saturated heterocycles. The van der Waals surface area contributed by atoms with Gasteiger partial charge in [0.2, 0.25) is 0 Å². The van der Waals surface area contributed by atoms with E-state index in [0.717, 1.165) is 15.1 Å². The van der Waals surface area contributed by atoms with Crippen LogP contribution in [0.3, 0.4) is 0 Å². The van der Waals surface area contributed by atoms with Crippen molar-refractivity contribution in [3.63, 3.8) is 0 Å². The highest BCUT2D eigenvalue weighted by molar-refractivity contribution is 7.81. The summed E-state index contributed by atoms with van der Waals surface area (Å²) in [4.78, 5) is 5.83. The molecule has 84 valence electrons. The maximum atomic E-state index is 6.06. The topological polar surface area (TPSA) is 34.1 Å². The summed E-state index contributed by atoms with van der Waals surface area (Å²) in [6.07, 6.45) is 1.69. The van der Waals surface area contributed by atoms with Crippen LogP contribution >= 0.6 is 35.2 Å². The minimum Gasteiger partial charge on any atom is -0.365 e. The molecule has 0 saturated carbocycles. The number of pyridine rings is 1. The van der Waals surface area contributed by atoms with E-state index in [2.05, 4.69) is 10.3 Å². The average molecular weight is 273 g/mol. The summed E-state index contributed by atoms with van der Waals surface area (Å²) in [5.74, 6) is 0. The number of thiophene rings is 1. The van der Waals surface area contributed by atoms with Crippen LogP contribution in [0.5, 0.6) is 0 Å². The van der Waals surface area contributed by atoms with Gasteiger partial charge in [-0.15, -0.1) is 11.3 Å². The summed E-state index contributed by atoms with van der Waals surface area (Å²) in [5, 5.41) is 3.68. The average Bonchev–Trinajstić information content (AvgIpc) is 2.71. The molecule has 0 aromatic carbocycles. The second kappa shape index (κ2) is 5.05. The Morgan fingerprint density at radius 3 is 3.19 bits per heavy atom. The highest BCUT2D eigenvalue weighted by atomic mass is 35.5. The highest BCUT2D eigenvalue weighted by Gasteiger charge is 2.09. The quantitative estimate of drug-likeness (QED) is 0.688. The fourth-order valence-corrected chi connectivity index (χ4v) is 2.69. The first-order valence-electron chi connectivity index (χ1n) is 4.53. The van der Waals surface area contributed by atoms with Gasteiger partial charge in [0.05, 0.1) is 20.1 Å². The molecule has 0 amide bonds. The Kier molecular flexibility index (Phi) is 3.70. The first kappa shape index (κ1) is 11.7. The van der Waals surface area contributed by atoms with Crippen molar-refractivity contribution in [1.82, 2.24) is 10.3 Å². The first-order valence-corrected chi connectivity index (χ1v) is 6.14. The van der Waals surface area contributed by atoms with Crippen LogP contribution < -0.4 is 5.32 Å². The normalized spacial score (nSPS) is 10.6. The summed E-state index contributed by atoms with van der Waals surface area (Å²) < 4.78 is 5.86. The fourth-order valence-electron chi connectivity index (χ4n) is 1.24. The van der Waals surface area contributed by atoms with Crippen molar-refractivity contribution in [2.45, 2.75) is 0 Å². The molecular formula is C10H9ClN2OS2. The van der Waals surface area contributed by atoms with Crippen molar-refractivity contribution in [1.29, 1.82) is 0 Å². The molecule has 0 bridgehead atoms. The Bertz CT molecular complexity index is 527. The number of hydrogen-bond donors (Lipinski definition) is 1. The van der Waals surface area contributed by atoms with E-state index in [1.54, 1.807) is 19.4 Å². The van der Waals surface area contributed by atoms with Crippen LogP contribution in [0, 0.1) is 0 Å². The van der Waals surface area contributed by atoms with Crippen LogP contribution in [0.2, 0.25) is 5.02 Å². The molecule has 2 rings (SSSR count). The van der Waals surface area contributed by atoms with Crippen LogP contribution in [0.15, 0.2) is 18.3 Å². The molecule has 0 atom stereocenters. The maximum absolute atomic E-state index is 6.06. The van der Waals surface area contributed by atoms with E-state index in [4.69, 9.17) is 28.6 Å². The molecule has 0 fully saturated rings. The van der Waals surface area contributed by atoms with Gasteiger partial charge < -0.3 is 10.1 Å². The van der Waals surface area contributed by atoms with Gasteiger partial charge in [0, 0.05) is 13.3 Å². The van der Waals surface area contributed by atoms with Crippen molar-refractivity contribution in [2.75, 3.05) is 13.8 Å². The Morgan fingerprint density at radius 2 is 2.50 bits per heavy atom. The van der Waals surface area contributed by atoms with E-state index in [-0.39, 0.29) is 0 Å². The number of hydrogen-bond acceptors (Lipinski definition) is 4. The van der Waals surface area contributed by atoms with Crippen LogP contribution in [-0.2, 0) is 4.74 Å². The van der Waals surface area contributed by atoms with Crippen molar-refractivity contribution < 1.29 is 4.74 Å². The minimum atomic E-state index is 0.397. The first-order chi connectivity index (χ1) is 7.72. The van der Waals surface area contributed by atoms with E-state index < -0.39 is 0 Å². The molecule has 6 heteroatoms. The van der Waals surface area contributed by atoms with E-state index >= 15 is 0 Å². The number of aromatic nitrogens is 1. The van der Waals surface area contributed by atoms with Crippen LogP contribution in [0.25, 0.3) is 10.2 Å². The third-order valence-electron chi connectivity index (χ3n) is 1.96. The van der Waals surface area contributed by atoms with E-state index in [0.29, 0.717) is 16.7 Å². The minimum absolute atomic E-state index is 0.397. The number of nitrogens with one attached hydrogen (secondary N) is 1. The monoisotopic (exact) mass is 272 g/mol. The predicted octanol–water partition coefficient (Wildman–Crippen LogP) is 2.82. The summed E-state index contributed by atoms with van der Waals surface area (Å²) in [5.41, 5.74) is 0.870. The molecule has 2 aromatic heterocycles. The molecule has 3 nitrogen and oxygen atoms in total. The zero-order chi connectivity index (χ0) is 11.5. The zero-order valence-electron chi connectivity index (χ0n) is 8.49. The Labute approximate surface area is 107 Å². The Hall–Kier alpha value is -0.750. The van der Waals surface area contributed by atoms with E-state index in [1.165, 1.54) is 11.3 Å². The number of fused-ring (bicyclic) bond motifs is 1. The third kappa shape index (κ3) is 2.32. The van der Waals surface area contributed by atoms with Gasteiger partial charge in [-0.05, 0) is 12.1 Å². The standard InChI is InChI=1S/C10H9ClN2OS2/c1-14-5-13-10(15)8-4-7-9(16-8)6(11)2-3-12-7/h2-4H,5H2,1H3,(H,13,15). The molecule has 1 N–H and O–H groups in total. The lowest BCUT2D eigenvalue weighted by Crippen LogP contribution is -2.23.